The highest BCUT2D eigenvalue weighted by molar-refractivity contribution is 9.10. The number of nitrogens with zero attached hydrogens (tertiary/aromatic N) is 1. The van der Waals surface area contributed by atoms with E-state index in [2.05, 4.69) is 53.8 Å². The molecule has 0 radical (unpaired) electrons. The van der Waals surface area contributed by atoms with E-state index in [-0.39, 0.29) is 0 Å². The average molecular weight is 325 g/mol. The Balaban J connectivity index is 2.18. The highest BCUT2D eigenvalue weighted by Crippen LogP contribution is 2.27. The van der Waals surface area contributed by atoms with Crippen molar-refractivity contribution in [1.29, 1.82) is 0 Å². The smallest absolute Gasteiger partial charge is 0.181 e. The summed E-state index contributed by atoms with van der Waals surface area (Å²) in [6.45, 7) is 6.51. The molecule has 0 aliphatic carbocycles. The lowest BCUT2D eigenvalue weighted by Gasteiger charge is -2.10. The van der Waals surface area contributed by atoms with Crippen LogP contribution >= 0.6 is 27.3 Å². The molecule has 18 heavy (non-hydrogen) atoms. The van der Waals surface area contributed by atoms with Gasteiger partial charge in [-0.1, -0.05) is 17.7 Å². The van der Waals surface area contributed by atoms with E-state index in [1.807, 2.05) is 0 Å². The lowest BCUT2D eigenvalue weighted by Crippen LogP contribution is -1.97. The van der Waals surface area contributed by atoms with Gasteiger partial charge in [0.15, 0.2) is 5.13 Å². The van der Waals surface area contributed by atoms with Gasteiger partial charge in [-0.15, -0.1) is 11.3 Å². The third-order valence-corrected chi connectivity index (χ3v) is 4.97. The Morgan fingerprint density at radius 1 is 1.17 bits per heavy atom. The van der Waals surface area contributed by atoms with Gasteiger partial charge in [0.1, 0.15) is 4.60 Å². The van der Waals surface area contributed by atoms with Gasteiger partial charge in [-0.3, -0.25) is 0 Å². The van der Waals surface area contributed by atoms with Gasteiger partial charge in [0.25, 0.3) is 0 Å². The largest absolute Gasteiger partial charge is 0.375 e. The molecule has 1 heterocycles. The molecule has 0 fully saturated rings. The number of nitrogens with two attached hydrogens (primary N) is 1. The van der Waals surface area contributed by atoms with Crippen LogP contribution in [0.3, 0.4) is 0 Å². The zero-order valence-electron chi connectivity index (χ0n) is 10.9. The summed E-state index contributed by atoms with van der Waals surface area (Å²) >= 11 is 5.03. The summed E-state index contributed by atoms with van der Waals surface area (Å²) in [5, 5.41) is 0.634. The van der Waals surface area contributed by atoms with Gasteiger partial charge >= 0.3 is 0 Å². The van der Waals surface area contributed by atoms with Crippen LogP contribution in [0.1, 0.15) is 27.1 Å². The maximum absolute atomic E-state index is 5.71. The van der Waals surface area contributed by atoms with Crippen molar-refractivity contribution in [1.82, 2.24) is 4.98 Å². The van der Waals surface area contributed by atoms with E-state index in [4.69, 9.17) is 5.73 Å². The topological polar surface area (TPSA) is 38.9 Å². The standard InChI is InChI=1S/C14H17BrN2S/c1-8-6-9(2)11(10(3)7-8)4-5-12-13(15)17-14(16)18-12/h6-7H,4-5H2,1-3H3,(H2,16,17). The zero-order valence-corrected chi connectivity index (χ0v) is 13.3. The van der Waals surface area contributed by atoms with E-state index in [1.54, 1.807) is 11.3 Å². The number of rotatable bonds is 3. The summed E-state index contributed by atoms with van der Waals surface area (Å²) in [5.74, 6) is 0. The molecule has 0 unspecified atom stereocenters. The molecule has 1 aromatic heterocycles. The summed E-state index contributed by atoms with van der Waals surface area (Å²) in [6.07, 6.45) is 2.03. The van der Waals surface area contributed by atoms with Gasteiger partial charge in [0.05, 0.1) is 0 Å². The highest BCUT2D eigenvalue weighted by Gasteiger charge is 2.09. The number of aromatic nitrogens is 1. The number of halogens is 1. The maximum atomic E-state index is 5.71. The van der Waals surface area contributed by atoms with Crippen molar-refractivity contribution < 1.29 is 0 Å². The molecular weight excluding hydrogens is 308 g/mol. The van der Waals surface area contributed by atoms with Crippen molar-refractivity contribution in [2.45, 2.75) is 33.6 Å². The molecule has 0 aliphatic rings. The second-order valence-corrected chi connectivity index (χ2v) is 6.51. The zero-order chi connectivity index (χ0) is 13.3. The van der Waals surface area contributed by atoms with Crippen molar-refractivity contribution in [2.24, 2.45) is 0 Å². The van der Waals surface area contributed by atoms with Gasteiger partial charge in [-0.25, -0.2) is 4.98 Å². The summed E-state index contributed by atoms with van der Waals surface area (Å²) in [5.41, 5.74) is 11.2. The lowest BCUT2D eigenvalue weighted by molar-refractivity contribution is 0.944. The minimum atomic E-state index is 0.634. The van der Waals surface area contributed by atoms with E-state index in [0.717, 1.165) is 17.4 Å². The molecule has 2 rings (SSSR count). The first-order valence-corrected chi connectivity index (χ1v) is 7.55. The molecule has 0 aliphatic heterocycles. The maximum Gasteiger partial charge on any atom is 0.181 e. The van der Waals surface area contributed by atoms with Crippen LogP contribution in [-0.4, -0.2) is 4.98 Å². The van der Waals surface area contributed by atoms with Crippen molar-refractivity contribution in [3.8, 4) is 0 Å². The van der Waals surface area contributed by atoms with Crippen molar-refractivity contribution in [2.75, 3.05) is 5.73 Å². The Hall–Kier alpha value is -0.870. The number of hydrogen-bond donors (Lipinski definition) is 1. The van der Waals surface area contributed by atoms with Crippen LogP contribution < -0.4 is 5.73 Å². The van der Waals surface area contributed by atoms with Gasteiger partial charge < -0.3 is 5.73 Å². The average Bonchev–Trinajstić information content (AvgIpc) is 2.55. The highest BCUT2D eigenvalue weighted by atomic mass is 79.9. The van der Waals surface area contributed by atoms with E-state index in [9.17, 15) is 0 Å². The fourth-order valence-corrected chi connectivity index (χ4v) is 3.82. The van der Waals surface area contributed by atoms with Crippen molar-refractivity contribution in [3.05, 3.63) is 43.9 Å². The van der Waals surface area contributed by atoms with Crippen LogP contribution in [0.5, 0.6) is 0 Å². The van der Waals surface area contributed by atoms with E-state index in [1.165, 1.54) is 27.1 Å². The van der Waals surface area contributed by atoms with Gasteiger partial charge in [0, 0.05) is 4.88 Å². The second kappa shape index (κ2) is 5.41. The Kier molecular flexibility index (Phi) is 4.07. The molecule has 96 valence electrons. The van der Waals surface area contributed by atoms with Crippen molar-refractivity contribution in [3.63, 3.8) is 0 Å². The first kappa shape index (κ1) is 13.6. The second-order valence-electron chi connectivity index (χ2n) is 4.64. The summed E-state index contributed by atoms with van der Waals surface area (Å²) in [7, 11) is 0. The predicted octanol–water partition coefficient (Wildman–Crippen LogP) is 4.20. The van der Waals surface area contributed by atoms with Gasteiger partial charge in [-0.2, -0.15) is 0 Å². The molecule has 0 saturated carbocycles. The van der Waals surface area contributed by atoms with Crippen LogP contribution in [0.15, 0.2) is 16.7 Å². The summed E-state index contributed by atoms with van der Waals surface area (Å²) < 4.78 is 0.896. The van der Waals surface area contributed by atoms with Gasteiger partial charge in [0.2, 0.25) is 0 Å². The molecule has 0 saturated heterocycles. The van der Waals surface area contributed by atoms with E-state index in [0.29, 0.717) is 5.13 Å². The fraction of sp³-hybridized carbons (Fsp3) is 0.357. The Bertz CT molecular complexity index is 552. The predicted molar refractivity (Wildman–Crippen MR) is 82.3 cm³/mol. The number of aryl methyl sites for hydroxylation is 4. The number of thiazole rings is 1. The Labute approximate surface area is 120 Å². The third kappa shape index (κ3) is 2.93. The molecule has 0 bridgehead atoms. The molecule has 2 nitrogen and oxygen atoms in total. The van der Waals surface area contributed by atoms with Crippen LogP contribution in [0.25, 0.3) is 0 Å². The number of nitrogen functional groups attached to an aromatic ring is 1. The SMILES string of the molecule is Cc1cc(C)c(CCc2sc(N)nc2Br)c(C)c1. The van der Waals surface area contributed by atoms with Crippen molar-refractivity contribution >= 4 is 32.4 Å². The number of hydrogen-bond acceptors (Lipinski definition) is 3. The first-order valence-electron chi connectivity index (χ1n) is 5.94. The van der Waals surface area contributed by atoms with E-state index >= 15 is 0 Å². The fourth-order valence-electron chi connectivity index (χ4n) is 2.35. The molecule has 0 amide bonds. The lowest BCUT2D eigenvalue weighted by atomic mass is 9.96. The first-order chi connectivity index (χ1) is 8.47. The molecule has 4 heteroatoms. The normalized spacial score (nSPS) is 10.9. The van der Waals surface area contributed by atoms with Crippen LogP contribution in [0.4, 0.5) is 5.13 Å². The monoisotopic (exact) mass is 324 g/mol. The molecule has 1 aromatic carbocycles. The summed E-state index contributed by atoms with van der Waals surface area (Å²) in [4.78, 5) is 5.42. The molecule has 2 N–H and O–H groups in total. The molecule has 2 aromatic rings. The van der Waals surface area contributed by atoms with E-state index < -0.39 is 0 Å². The number of anilines is 1. The summed E-state index contributed by atoms with van der Waals surface area (Å²) in [6, 6.07) is 4.50. The molecule has 0 atom stereocenters. The Morgan fingerprint density at radius 3 is 2.28 bits per heavy atom. The minimum absolute atomic E-state index is 0.634. The third-order valence-electron chi connectivity index (χ3n) is 3.11. The van der Waals surface area contributed by atoms with Crippen LogP contribution in [0.2, 0.25) is 0 Å². The molecular formula is C14H17BrN2S. The Morgan fingerprint density at radius 2 is 1.78 bits per heavy atom. The van der Waals surface area contributed by atoms with Gasteiger partial charge in [-0.05, 0) is 66.2 Å². The van der Waals surface area contributed by atoms with Crippen LogP contribution in [0, 0.1) is 20.8 Å². The quantitative estimate of drug-likeness (QED) is 0.918. The minimum Gasteiger partial charge on any atom is -0.375 e. The van der Waals surface area contributed by atoms with Crippen LogP contribution in [-0.2, 0) is 12.8 Å². The molecule has 0 spiro atoms. The number of benzene rings is 1.